The number of unbranched alkanes of at least 4 members (excludes halogenated alkanes) is 39. The van der Waals surface area contributed by atoms with Crippen molar-refractivity contribution in [2.75, 3.05) is 39.6 Å². The second-order valence-electron chi connectivity index (χ2n) is 29.3. The molecule has 0 fully saturated rings. The lowest BCUT2D eigenvalue weighted by molar-refractivity contribution is -0.161. The van der Waals surface area contributed by atoms with Crippen molar-refractivity contribution < 1.29 is 80.2 Å². The van der Waals surface area contributed by atoms with Gasteiger partial charge in [0.15, 0.2) is 12.2 Å². The number of aliphatic hydroxyl groups is 1. The van der Waals surface area contributed by atoms with Gasteiger partial charge in [0, 0.05) is 25.7 Å². The van der Waals surface area contributed by atoms with Crippen molar-refractivity contribution in [2.45, 2.75) is 401 Å². The van der Waals surface area contributed by atoms with Gasteiger partial charge in [-0.15, -0.1) is 0 Å². The second kappa shape index (κ2) is 65.4. The standard InChI is InChI=1S/C76H148O17P2/c1-66(2)52-44-36-28-22-16-12-10-9-11-13-18-26-32-42-50-58-76(81)93-72(63-87-74(79)57-49-41-35-34-39-47-55-69(7)8)65-91-95(84,85)89-61-70(77)60-88-94(82,83)90-64-71(62-86-73(78)56-48-40-31-25-21-20-24-30-38-46-54-68(5)6)92-75(80)59-51-43-33-27-19-15-14-17-23-29-37-45-53-67(3)4/h66-72,77H,9-65H2,1-8H3,(H,82,83)(H,84,85)/t70?,71-,72-/m1/s1. The van der Waals surface area contributed by atoms with Crippen molar-refractivity contribution >= 4 is 39.5 Å². The Kier molecular flexibility index (Phi) is 64.0. The van der Waals surface area contributed by atoms with Gasteiger partial charge < -0.3 is 33.8 Å². The molecule has 95 heavy (non-hydrogen) atoms. The Labute approximate surface area is 581 Å². The lowest BCUT2D eigenvalue weighted by Gasteiger charge is -2.21. The molecule has 0 radical (unpaired) electrons. The summed E-state index contributed by atoms with van der Waals surface area (Å²) in [5, 5.41) is 10.6. The maximum Gasteiger partial charge on any atom is 0.472 e. The molecule has 0 saturated carbocycles. The third kappa shape index (κ3) is 70.3. The van der Waals surface area contributed by atoms with E-state index in [0.29, 0.717) is 31.6 Å². The van der Waals surface area contributed by atoms with Crippen LogP contribution in [0.15, 0.2) is 0 Å². The molecule has 0 heterocycles. The predicted molar refractivity (Wildman–Crippen MR) is 386 cm³/mol. The summed E-state index contributed by atoms with van der Waals surface area (Å²) < 4.78 is 68.5. The summed E-state index contributed by atoms with van der Waals surface area (Å²) in [7, 11) is -9.91. The van der Waals surface area contributed by atoms with Crippen LogP contribution in [-0.2, 0) is 65.4 Å². The Morgan fingerprint density at radius 1 is 0.263 bits per heavy atom. The fourth-order valence-corrected chi connectivity index (χ4v) is 13.1. The van der Waals surface area contributed by atoms with Gasteiger partial charge in [-0.2, -0.15) is 0 Å². The Balaban J connectivity index is 5.22. The molecule has 0 aromatic rings. The highest BCUT2D eigenvalue weighted by atomic mass is 31.2. The van der Waals surface area contributed by atoms with Crippen LogP contribution in [0.25, 0.3) is 0 Å². The van der Waals surface area contributed by atoms with Gasteiger partial charge >= 0.3 is 39.5 Å². The summed E-state index contributed by atoms with van der Waals surface area (Å²) in [5.74, 6) is 0.895. The lowest BCUT2D eigenvalue weighted by Crippen LogP contribution is -2.30. The zero-order valence-corrected chi connectivity index (χ0v) is 64.1. The fourth-order valence-electron chi connectivity index (χ4n) is 11.6. The van der Waals surface area contributed by atoms with Gasteiger partial charge in [0.05, 0.1) is 26.4 Å². The number of rotatable bonds is 73. The molecule has 0 saturated heterocycles. The number of esters is 4. The van der Waals surface area contributed by atoms with Crippen molar-refractivity contribution in [1.29, 1.82) is 0 Å². The van der Waals surface area contributed by atoms with Crippen LogP contribution < -0.4 is 0 Å². The van der Waals surface area contributed by atoms with E-state index in [9.17, 15) is 43.2 Å². The first kappa shape index (κ1) is 93.1. The van der Waals surface area contributed by atoms with Crippen LogP contribution in [0.5, 0.6) is 0 Å². The Bertz CT molecular complexity index is 1870. The molecule has 0 spiro atoms. The van der Waals surface area contributed by atoms with Crippen molar-refractivity contribution in [3.8, 4) is 0 Å². The van der Waals surface area contributed by atoms with Crippen LogP contribution in [-0.4, -0.2) is 96.7 Å². The van der Waals surface area contributed by atoms with E-state index in [1.165, 1.54) is 180 Å². The van der Waals surface area contributed by atoms with E-state index >= 15 is 0 Å². The number of aliphatic hydroxyl groups excluding tert-OH is 1. The number of hydrogen-bond donors (Lipinski definition) is 3. The molecule has 3 unspecified atom stereocenters. The largest absolute Gasteiger partial charge is 0.472 e. The van der Waals surface area contributed by atoms with Crippen LogP contribution in [0.3, 0.4) is 0 Å². The number of carbonyl (C=O) groups is 4. The van der Waals surface area contributed by atoms with Crippen LogP contribution in [0.4, 0.5) is 0 Å². The highest BCUT2D eigenvalue weighted by Crippen LogP contribution is 2.45. The minimum atomic E-state index is -4.96. The Morgan fingerprint density at radius 3 is 0.653 bits per heavy atom. The van der Waals surface area contributed by atoms with E-state index in [1.54, 1.807) is 0 Å². The molecule has 0 aromatic heterocycles. The van der Waals surface area contributed by atoms with Crippen molar-refractivity contribution in [3.63, 3.8) is 0 Å². The molecule has 19 heteroatoms. The summed E-state index contributed by atoms with van der Waals surface area (Å²) in [5.41, 5.74) is 0. The smallest absolute Gasteiger partial charge is 0.462 e. The summed E-state index contributed by atoms with van der Waals surface area (Å²) >= 11 is 0. The molecule has 17 nitrogen and oxygen atoms in total. The van der Waals surface area contributed by atoms with Crippen molar-refractivity contribution in [2.24, 2.45) is 23.7 Å². The average Bonchev–Trinajstić information content (AvgIpc) is 3.60. The number of hydrogen-bond acceptors (Lipinski definition) is 15. The van der Waals surface area contributed by atoms with Crippen molar-refractivity contribution in [1.82, 2.24) is 0 Å². The molecule has 0 aliphatic rings. The molecular weight excluding hydrogens is 1250 g/mol. The number of phosphoric acid groups is 2. The summed E-state index contributed by atoms with van der Waals surface area (Å²) in [4.78, 5) is 72.8. The highest BCUT2D eigenvalue weighted by molar-refractivity contribution is 7.47. The molecule has 564 valence electrons. The van der Waals surface area contributed by atoms with Gasteiger partial charge in [-0.3, -0.25) is 37.3 Å². The molecule has 0 aliphatic heterocycles. The van der Waals surface area contributed by atoms with E-state index in [1.807, 2.05) is 0 Å². The molecule has 0 aliphatic carbocycles. The van der Waals surface area contributed by atoms with Gasteiger partial charge in [0.1, 0.15) is 19.3 Å². The van der Waals surface area contributed by atoms with E-state index in [-0.39, 0.29) is 25.7 Å². The van der Waals surface area contributed by atoms with Gasteiger partial charge in [-0.1, -0.05) is 331 Å². The maximum absolute atomic E-state index is 13.1. The van der Waals surface area contributed by atoms with E-state index in [2.05, 4.69) is 55.4 Å². The zero-order chi connectivity index (χ0) is 70.3. The molecule has 0 bridgehead atoms. The number of carbonyl (C=O) groups excluding carboxylic acids is 4. The van der Waals surface area contributed by atoms with Crippen LogP contribution in [0.1, 0.15) is 383 Å². The number of ether oxygens (including phenoxy) is 4. The van der Waals surface area contributed by atoms with E-state index in [0.717, 1.165) is 114 Å². The van der Waals surface area contributed by atoms with E-state index < -0.39 is 97.5 Å². The minimum Gasteiger partial charge on any atom is -0.462 e. The van der Waals surface area contributed by atoms with Gasteiger partial charge in [0.25, 0.3) is 0 Å². The zero-order valence-electron chi connectivity index (χ0n) is 62.3. The predicted octanol–water partition coefficient (Wildman–Crippen LogP) is 22.0. The van der Waals surface area contributed by atoms with Crippen molar-refractivity contribution in [3.05, 3.63) is 0 Å². The normalized spacial score (nSPS) is 14.1. The summed E-state index contributed by atoms with van der Waals surface area (Å²) in [6, 6.07) is 0. The van der Waals surface area contributed by atoms with Crippen LogP contribution in [0.2, 0.25) is 0 Å². The average molecular weight is 1400 g/mol. The van der Waals surface area contributed by atoms with Crippen LogP contribution in [0, 0.1) is 23.7 Å². The summed E-state index contributed by atoms with van der Waals surface area (Å²) in [6.45, 7) is 14.2. The molecule has 0 rings (SSSR count). The van der Waals surface area contributed by atoms with Gasteiger partial charge in [-0.05, 0) is 49.4 Å². The fraction of sp³-hybridized carbons (Fsp3) is 0.947. The quantitative estimate of drug-likeness (QED) is 0.0222. The third-order valence-electron chi connectivity index (χ3n) is 17.6. The molecule has 3 N–H and O–H groups in total. The molecule has 0 amide bonds. The first-order chi connectivity index (χ1) is 45.6. The Morgan fingerprint density at radius 2 is 0.442 bits per heavy atom. The summed E-state index contributed by atoms with van der Waals surface area (Å²) in [6.07, 6.45) is 50.1. The topological polar surface area (TPSA) is 237 Å². The van der Waals surface area contributed by atoms with E-state index in [4.69, 9.17) is 37.0 Å². The monoisotopic (exact) mass is 1400 g/mol. The first-order valence-corrected chi connectivity index (χ1v) is 42.2. The van der Waals surface area contributed by atoms with Gasteiger partial charge in [0.2, 0.25) is 0 Å². The molecule has 0 aromatic carbocycles. The molecular formula is C76H148O17P2. The number of phosphoric ester groups is 2. The minimum absolute atomic E-state index is 0.106. The molecule has 5 atom stereocenters. The third-order valence-corrected chi connectivity index (χ3v) is 19.5. The SMILES string of the molecule is CC(C)CCCCCCCCCCCCCCCCCC(=O)O[C@H](COC(=O)CCCCCCCCC(C)C)COP(=O)(O)OCC(O)COP(=O)(O)OC[C@@H](COC(=O)CCCCCCCCCCCCC(C)C)OC(=O)CCCCCCCCCCCCCCC(C)C. The maximum atomic E-state index is 13.1. The highest BCUT2D eigenvalue weighted by Gasteiger charge is 2.30. The van der Waals surface area contributed by atoms with Crippen LogP contribution >= 0.6 is 15.6 Å². The van der Waals surface area contributed by atoms with Gasteiger partial charge in [-0.25, -0.2) is 9.13 Å². The Hall–Kier alpha value is -1.94. The first-order valence-electron chi connectivity index (χ1n) is 39.2. The lowest BCUT2D eigenvalue weighted by atomic mass is 10.0. The second-order valence-corrected chi connectivity index (χ2v) is 32.2.